The maximum Gasteiger partial charge on any atom is 0.243 e. The summed E-state index contributed by atoms with van der Waals surface area (Å²) in [6.45, 7) is 11.2. The first-order chi connectivity index (χ1) is 12.4. The molecule has 1 aliphatic rings. The molecule has 0 unspecified atom stereocenters. The normalized spacial score (nSPS) is 15.2. The quantitative estimate of drug-likeness (QED) is 0.644. The van der Waals surface area contributed by atoms with Gasteiger partial charge < -0.3 is 20.0 Å². The van der Waals surface area contributed by atoms with Crippen LogP contribution in [0, 0.1) is 13.8 Å². The molecule has 1 saturated heterocycles. The minimum atomic E-state index is 0.0227. The van der Waals surface area contributed by atoms with E-state index in [-0.39, 0.29) is 12.5 Å². The standard InChI is InChI=1S/C20H33N5O/c1-6-9-21-20(22-15-19(26)23(4)5)25-12-10-24(11-13-25)18-8-7-16(2)17(3)14-18/h7-8,14H,6,9-13,15H2,1-5H3,(H,21,22). The van der Waals surface area contributed by atoms with Gasteiger partial charge in [0, 0.05) is 52.5 Å². The predicted molar refractivity (Wildman–Crippen MR) is 109 cm³/mol. The summed E-state index contributed by atoms with van der Waals surface area (Å²) in [5.74, 6) is 0.872. The van der Waals surface area contributed by atoms with Gasteiger partial charge in [-0.2, -0.15) is 0 Å². The van der Waals surface area contributed by atoms with Gasteiger partial charge in [0.25, 0.3) is 0 Å². The van der Waals surface area contributed by atoms with Crippen molar-refractivity contribution in [3.05, 3.63) is 29.3 Å². The number of rotatable bonds is 5. The van der Waals surface area contributed by atoms with Gasteiger partial charge in [0.15, 0.2) is 5.96 Å². The number of likely N-dealkylation sites (N-methyl/N-ethyl adjacent to an activating group) is 1. The van der Waals surface area contributed by atoms with Gasteiger partial charge in [-0.3, -0.25) is 4.79 Å². The van der Waals surface area contributed by atoms with Gasteiger partial charge >= 0.3 is 0 Å². The number of aliphatic imine (C=N–C) groups is 1. The van der Waals surface area contributed by atoms with Crippen molar-refractivity contribution in [1.29, 1.82) is 0 Å². The number of nitrogens with zero attached hydrogens (tertiary/aromatic N) is 4. The van der Waals surface area contributed by atoms with Gasteiger partial charge in [-0.25, -0.2) is 4.99 Å². The molecule has 0 radical (unpaired) electrons. The Morgan fingerprint density at radius 2 is 1.85 bits per heavy atom. The largest absolute Gasteiger partial charge is 0.368 e. The van der Waals surface area contributed by atoms with E-state index in [1.54, 1.807) is 19.0 Å². The van der Waals surface area contributed by atoms with Crippen LogP contribution in [-0.4, -0.2) is 75.0 Å². The Balaban J connectivity index is 2.00. The van der Waals surface area contributed by atoms with Crippen LogP contribution in [0.25, 0.3) is 0 Å². The smallest absolute Gasteiger partial charge is 0.243 e. The van der Waals surface area contributed by atoms with E-state index in [0.29, 0.717) is 0 Å². The molecule has 0 aliphatic carbocycles. The number of aryl methyl sites for hydroxylation is 2. The molecule has 1 aliphatic heterocycles. The van der Waals surface area contributed by atoms with Crippen molar-refractivity contribution in [1.82, 2.24) is 15.1 Å². The second-order valence-corrected chi connectivity index (χ2v) is 7.10. The summed E-state index contributed by atoms with van der Waals surface area (Å²) in [4.78, 5) is 22.7. The maximum absolute atomic E-state index is 11.9. The van der Waals surface area contributed by atoms with Crippen LogP contribution in [0.4, 0.5) is 5.69 Å². The number of hydrogen-bond donors (Lipinski definition) is 1. The SMILES string of the molecule is CCCNC(=NCC(=O)N(C)C)N1CCN(c2ccc(C)c(C)c2)CC1. The van der Waals surface area contributed by atoms with E-state index in [2.05, 4.69) is 59.1 Å². The Kier molecular flexibility index (Phi) is 7.30. The van der Waals surface area contributed by atoms with Crippen molar-refractivity contribution in [2.75, 3.05) is 58.3 Å². The lowest BCUT2D eigenvalue weighted by Crippen LogP contribution is -2.53. The number of piperazine rings is 1. The number of carbonyl (C=O) groups is 1. The molecular weight excluding hydrogens is 326 g/mol. The Bertz CT molecular complexity index is 633. The molecule has 1 aromatic rings. The zero-order valence-corrected chi connectivity index (χ0v) is 16.9. The molecule has 6 nitrogen and oxygen atoms in total. The topological polar surface area (TPSA) is 51.2 Å². The van der Waals surface area contributed by atoms with Gasteiger partial charge in [0.05, 0.1) is 0 Å². The van der Waals surface area contributed by atoms with Crippen LogP contribution in [-0.2, 0) is 4.79 Å². The molecule has 1 heterocycles. The maximum atomic E-state index is 11.9. The van der Waals surface area contributed by atoms with Crippen molar-refractivity contribution in [2.24, 2.45) is 4.99 Å². The average molecular weight is 360 g/mol. The van der Waals surface area contributed by atoms with Gasteiger partial charge in [-0.1, -0.05) is 13.0 Å². The molecular formula is C20H33N5O. The lowest BCUT2D eigenvalue weighted by Gasteiger charge is -2.38. The number of guanidine groups is 1. The van der Waals surface area contributed by atoms with Crippen LogP contribution in [0.2, 0.25) is 0 Å². The van der Waals surface area contributed by atoms with Crippen LogP contribution in [0.1, 0.15) is 24.5 Å². The molecule has 26 heavy (non-hydrogen) atoms. The summed E-state index contributed by atoms with van der Waals surface area (Å²) in [6.07, 6.45) is 1.03. The van der Waals surface area contributed by atoms with Crippen molar-refractivity contribution >= 4 is 17.6 Å². The zero-order chi connectivity index (χ0) is 19.1. The number of nitrogens with one attached hydrogen (secondary N) is 1. The molecule has 0 aromatic heterocycles. The van der Waals surface area contributed by atoms with Crippen LogP contribution < -0.4 is 10.2 Å². The molecule has 0 atom stereocenters. The van der Waals surface area contributed by atoms with Crippen LogP contribution in [0.5, 0.6) is 0 Å². The highest BCUT2D eigenvalue weighted by atomic mass is 16.2. The molecule has 1 fully saturated rings. The molecule has 2 rings (SSSR count). The summed E-state index contributed by atoms with van der Waals surface area (Å²) in [6, 6.07) is 6.67. The molecule has 0 bridgehead atoms. The fourth-order valence-corrected chi connectivity index (χ4v) is 2.89. The highest BCUT2D eigenvalue weighted by Crippen LogP contribution is 2.20. The number of benzene rings is 1. The highest BCUT2D eigenvalue weighted by Gasteiger charge is 2.20. The molecule has 6 heteroatoms. The average Bonchev–Trinajstić information content (AvgIpc) is 2.64. The molecule has 1 N–H and O–H groups in total. The second-order valence-electron chi connectivity index (χ2n) is 7.10. The predicted octanol–water partition coefficient (Wildman–Crippen LogP) is 1.87. The van der Waals surface area contributed by atoms with Crippen LogP contribution >= 0.6 is 0 Å². The van der Waals surface area contributed by atoms with Crippen LogP contribution in [0.3, 0.4) is 0 Å². The van der Waals surface area contributed by atoms with Crippen LogP contribution in [0.15, 0.2) is 23.2 Å². The third-order valence-corrected chi connectivity index (χ3v) is 4.83. The van der Waals surface area contributed by atoms with E-state index in [0.717, 1.165) is 45.1 Å². The zero-order valence-electron chi connectivity index (χ0n) is 16.9. The van der Waals surface area contributed by atoms with E-state index < -0.39 is 0 Å². The van der Waals surface area contributed by atoms with Crippen molar-refractivity contribution in [3.63, 3.8) is 0 Å². The molecule has 0 spiro atoms. The monoisotopic (exact) mass is 359 g/mol. The first kappa shape index (κ1) is 20.1. The van der Waals surface area contributed by atoms with E-state index >= 15 is 0 Å². The summed E-state index contributed by atoms with van der Waals surface area (Å²) >= 11 is 0. The van der Waals surface area contributed by atoms with Crippen molar-refractivity contribution < 1.29 is 4.79 Å². The van der Waals surface area contributed by atoms with E-state index in [1.165, 1.54) is 16.8 Å². The van der Waals surface area contributed by atoms with E-state index in [9.17, 15) is 4.79 Å². The highest BCUT2D eigenvalue weighted by molar-refractivity contribution is 5.85. The number of anilines is 1. The fraction of sp³-hybridized carbons (Fsp3) is 0.600. The summed E-state index contributed by atoms with van der Waals surface area (Å²) < 4.78 is 0. The van der Waals surface area contributed by atoms with Gasteiger partial charge in [-0.15, -0.1) is 0 Å². The minimum absolute atomic E-state index is 0.0227. The third kappa shape index (κ3) is 5.38. The minimum Gasteiger partial charge on any atom is -0.368 e. The third-order valence-electron chi connectivity index (χ3n) is 4.83. The van der Waals surface area contributed by atoms with Gasteiger partial charge in [0.1, 0.15) is 6.54 Å². The lowest BCUT2D eigenvalue weighted by molar-refractivity contribution is -0.127. The summed E-state index contributed by atoms with van der Waals surface area (Å²) in [5, 5.41) is 3.39. The fourth-order valence-electron chi connectivity index (χ4n) is 2.89. The summed E-state index contributed by atoms with van der Waals surface area (Å²) in [7, 11) is 3.53. The second kappa shape index (κ2) is 9.46. The number of amides is 1. The van der Waals surface area contributed by atoms with Gasteiger partial charge in [0.2, 0.25) is 5.91 Å². The first-order valence-electron chi connectivity index (χ1n) is 9.48. The molecule has 0 saturated carbocycles. The number of hydrogen-bond acceptors (Lipinski definition) is 3. The Labute approximate surface area is 157 Å². The molecule has 1 amide bonds. The number of carbonyl (C=O) groups excluding carboxylic acids is 1. The Morgan fingerprint density at radius 3 is 2.42 bits per heavy atom. The van der Waals surface area contributed by atoms with Crippen molar-refractivity contribution in [3.8, 4) is 0 Å². The molecule has 144 valence electrons. The Hall–Kier alpha value is -2.24. The van der Waals surface area contributed by atoms with Gasteiger partial charge in [-0.05, 0) is 43.5 Å². The van der Waals surface area contributed by atoms with E-state index in [4.69, 9.17) is 0 Å². The van der Waals surface area contributed by atoms with E-state index in [1.807, 2.05) is 0 Å². The molecule has 1 aromatic carbocycles. The lowest BCUT2D eigenvalue weighted by atomic mass is 10.1. The summed E-state index contributed by atoms with van der Waals surface area (Å²) in [5.41, 5.74) is 3.95. The first-order valence-corrected chi connectivity index (χ1v) is 9.48. The van der Waals surface area contributed by atoms with Crippen molar-refractivity contribution in [2.45, 2.75) is 27.2 Å². The Morgan fingerprint density at radius 1 is 1.15 bits per heavy atom.